The Labute approximate surface area is 182 Å². The minimum Gasteiger partial charge on any atom is -0.381 e. The number of rotatable bonds is 9. The average Bonchev–Trinajstić information content (AvgIpc) is 2.67. The summed E-state index contributed by atoms with van der Waals surface area (Å²) in [5.41, 5.74) is 0.423. The van der Waals surface area contributed by atoms with Crippen LogP contribution in [0.4, 0.5) is 10.1 Å². The molecule has 28 heavy (non-hydrogen) atoms. The first-order valence-corrected chi connectivity index (χ1v) is 9.33. The number of aliphatic imine (C=N–C) groups is 1. The summed E-state index contributed by atoms with van der Waals surface area (Å²) in [6.45, 7) is 3.88. The molecule has 9 heteroatoms. The summed E-state index contributed by atoms with van der Waals surface area (Å²) >= 11 is 0. The highest BCUT2D eigenvalue weighted by Crippen LogP contribution is 2.14. The van der Waals surface area contributed by atoms with Crippen LogP contribution in [0.3, 0.4) is 0 Å². The third kappa shape index (κ3) is 10.2. The number of hydrogen-bond acceptors (Lipinski definition) is 4. The fourth-order valence-corrected chi connectivity index (χ4v) is 2.70. The third-order valence-corrected chi connectivity index (χ3v) is 4.20. The number of guanidine groups is 1. The summed E-state index contributed by atoms with van der Waals surface area (Å²) in [5, 5.41) is 8.68. The molecule has 1 fully saturated rings. The molecule has 1 aromatic carbocycles. The van der Waals surface area contributed by atoms with Crippen molar-refractivity contribution >= 4 is 41.5 Å². The van der Waals surface area contributed by atoms with Gasteiger partial charge < -0.3 is 25.4 Å². The summed E-state index contributed by atoms with van der Waals surface area (Å²) in [7, 11) is 1.64. The van der Waals surface area contributed by atoms with Gasteiger partial charge in [0.25, 0.3) is 0 Å². The molecule has 0 atom stereocenters. The van der Waals surface area contributed by atoms with E-state index in [0.717, 1.165) is 39.1 Å². The Bertz CT molecular complexity index is 613. The molecule has 0 bridgehead atoms. The van der Waals surface area contributed by atoms with E-state index in [0.29, 0.717) is 30.7 Å². The number of hydrogen-bond donors (Lipinski definition) is 3. The molecule has 0 saturated carbocycles. The van der Waals surface area contributed by atoms with Crippen molar-refractivity contribution in [3.05, 3.63) is 30.1 Å². The highest BCUT2D eigenvalue weighted by atomic mass is 127. The minimum absolute atomic E-state index is 0. The molecule has 1 aliphatic heterocycles. The number of carbonyl (C=O) groups is 1. The molecular formula is C19H30FIN4O3. The Balaban J connectivity index is 0.00000392. The van der Waals surface area contributed by atoms with E-state index in [1.165, 1.54) is 12.1 Å². The molecule has 0 radical (unpaired) electrons. The standard InChI is InChI=1S/C19H29FN4O3.HI/c1-21-19(22-8-3-9-27-14-15-6-10-26-11-7-15)23-13-18(25)24-17-5-2-4-16(20)12-17;/h2,4-5,12,15H,3,6-11,13-14H2,1H3,(H,24,25)(H2,21,22,23);1H. The van der Waals surface area contributed by atoms with Gasteiger partial charge in [-0.25, -0.2) is 4.39 Å². The Morgan fingerprint density at radius 2 is 2.11 bits per heavy atom. The minimum atomic E-state index is -0.391. The van der Waals surface area contributed by atoms with Gasteiger partial charge >= 0.3 is 0 Å². The van der Waals surface area contributed by atoms with Gasteiger partial charge in [-0.3, -0.25) is 9.79 Å². The van der Waals surface area contributed by atoms with Crippen molar-refractivity contribution in [1.29, 1.82) is 0 Å². The Morgan fingerprint density at radius 1 is 1.32 bits per heavy atom. The van der Waals surface area contributed by atoms with Crippen LogP contribution in [0.1, 0.15) is 19.3 Å². The lowest BCUT2D eigenvalue weighted by Crippen LogP contribution is -2.41. The summed E-state index contributed by atoms with van der Waals surface area (Å²) in [6.07, 6.45) is 3.00. The summed E-state index contributed by atoms with van der Waals surface area (Å²) in [4.78, 5) is 16.0. The van der Waals surface area contributed by atoms with Gasteiger partial charge in [-0.05, 0) is 43.4 Å². The topological polar surface area (TPSA) is 84.0 Å². The normalized spacial score (nSPS) is 14.9. The number of nitrogens with one attached hydrogen (secondary N) is 3. The molecule has 0 aromatic heterocycles. The van der Waals surface area contributed by atoms with Crippen LogP contribution in [-0.4, -0.2) is 58.4 Å². The Hall–Kier alpha value is -1.46. The van der Waals surface area contributed by atoms with Crippen molar-refractivity contribution in [2.45, 2.75) is 19.3 Å². The fraction of sp³-hybridized carbons (Fsp3) is 0.579. The molecule has 7 nitrogen and oxygen atoms in total. The van der Waals surface area contributed by atoms with Crippen molar-refractivity contribution in [2.75, 3.05) is 51.9 Å². The molecule has 1 aliphatic rings. The number of benzene rings is 1. The summed E-state index contributed by atoms with van der Waals surface area (Å²) < 4.78 is 24.2. The van der Waals surface area contributed by atoms with Gasteiger partial charge in [-0.1, -0.05) is 6.07 Å². The van der Waals surface area contributed by atoms with E-state index in [4.69, 9.17) is 9.47 Å². The monoisotopic (exact) mass is 508 g/mol. The van der Waals surface area contributed by atoms with Gasteiger partial charge in [0.15, 0.2) is 5.96 Å². The van der Waals surface area contributed by atoms with Crippen LogP contribution in [0.5, 0.6) is 0 Å². The highest BCUT2D eigenvalue weighted by Gasteiger charge is 2.13. The molecule has 158 valence electrons. The zero-order valence-corrected chi connectivity index (χ0v) is 18.5. The molecule has 1 heterocycles. The zero-order chi connectivity index (χ0) is 19.3. The second-order valence-corrected chi connectivity index (χ2v) is 6.40. The predicted molar refractivity (Wildman–Crippen MR) is 119 cm³/mol. The second-order valence-electron chi connectivity index (χ2n) is 6.40. The molecule has 0 aliphatic carbocycles. The third-order valence-electron chi connectivity index (χ3n) is 4.20. The summed E-state index contributed by atoms with van der Waals surface area (Å²) in [6, 6.07) is 5.77. The molecular weight excluding hydrogens is 478 g/mol. The fourth-order valence-electron chi connectivity index (χ4n) is 2.70. The van der Waals surface area contributed by atoms with Crippen molar-refractivity contribution in [3.8, 4) is 0 Å². The molecule has 0 spiro atoms. The van der Waals surface area contributed by atoms with Crippen LogP contribution >= 0.6 is 24.0 Å². The van der Waals surface area contributed by atoms with E-state index in [1.807, 2.05) is 0 Å². The lowest BCUT2D eigenvalue weighted by Gasteiger charge is -2.21. The molecule has 1 amide bonds. The second kappa shape index (κ2) is 14.5. The number of carbonyl (C=O) groups excluding carboxylic acids is 1. The van der Waals surface area contributed by atoms with Crippen LogP contribution in [0.15, 0.2) is 29.3 Å². The number of ether oxygens (including phenoxy) is 2. The van der Waals surface area contributed by atoms with Crippen LogP contribution in [-0.2, 0) is 14.3 Å². The lowest BCUT2D eigenvalue weighted by atomic mass is 10.0. The van der Waals surface area contributed by atoms with E-state index in [-0.39, 0.29) is 36.4 Å². The van der Waals surface area contributed by atoms with Gasteiger partial charge in [0.05, 0.1) is 6.54 Å². The molecule has 3 N–H and O–H groups in total. The molecule has 1 saturated heterocycles. The highest BCUT2D eigenvalue weighted by molar-refractivity contribution is 14.0. The van der Waals surface area contributed by atoms with Gasteiger partial charge in [0, 0.05) is 45.7 Å². The van der Waals surface area contributed by atoms with Gasteiger partial charge in [0.2, 0.25) is 5.91 Å². The maximum atomic E-state index is 13.1. The van der Waals surface area contributed by atoms with Crippen molar-refractivity contribution < 1.29 is 18.7 Å². The van der Waals surface area contributed by atoms with Crippen molar-refractivity contribution in [1.82, 2.24) is 10.6 Å². The Morgan fingerprint density at radius 3 is 2.82 bits per heavy atom. The smallest absolute Gasteiger partial charge is 0.243 e. The first kappa shape index (κ1) is 24.6. The van der Waals surface area contributed by atoms with Gasteiger partial charge in [0.1, 0.15) is 5.82 Å². The summed E-state index contributed by atoms with van der Waals surface area (Å²) in [5.74, 6) is 0.479. The zero-order valence-electron chi connectivity index (χ0n) is 16.2. The Kier molecular flexibility index (Phi) is 12.8. The van der Waals surface area contributed by atoms with E-state index in [2.05, 4.69) is 20.9 Å². The predicted octanol–water partition coefficient (Wildman–Crippen LogP) is 2.38. The number of anilines is 1. The SMILES string of the molecule is CN=C(NCCCOCC1CCOCC1)NCC(=O)Nc1cccc(F)c1.I. The molecule has 1 aromatic rings. The van der Waals surface area contributed by atoms with Crippen LogP contribution in [0, 0.1) is 11.7 Å². The maximum Gasteiger partial charge on any atom is 0.243 e. The largest absolute Gasteiger partial charge is 0.381 e. The van der Waals surface area contributed by atoms with Gasteiger partial charge in [-0.2, -0.15) is 0 Å². The van der Waals surface area contributed by atoms with Crippen LogP contribution in [0.25, 0.3) is 0 Å². The van der Waals surface area contributed by atoms with E-state index in [1.54, 1.807) is 19.2 Å². The first-order chi connectivity index (χ1) is 13.2. The maximum absolute atomic E-state index is 13.1. The van der Waals surface area contributed by atoms with E-state index in [9.17, 15) is 9.18 Å². The van der Waals surface area contributed by atoms with E-state index >= 15 is 0 Å². The lowest BCUT2D eigenvalue weighted by molar-refractivity contribution is -0.115. The molecule has 2 rings (SSSR count). The number of nitrogens with zero attached hydrogens (tertiary/aromatic N) is 1. The quantitative estimate of drug-likeness (QED) is 0.207. The average molecular weight is 508 g/mol. The van der Waals surface area contributed by atoms with Crippen molar-refractivity contribution in [2.24, 2.45) is 10.9 Å². The van der Waals surface area contributed by atoms with Crippen molar-refractivity contribution in [3.63, 3.8) is 0 Å². The number of halogens is 2. The number of amides is 1. The first-order valence-electron chi connectivity index (χ1n) is 9.33. The van der Waals surface area contributed by atoms with Crippen LogP contribution < -0.4 is 16.0 Å². The van der Waals surface area contributed by atoms with Gasteiger partial charge in [-0.15, -0.1) is 24.0 Å². The van der Waals surface area contributed by atoms with Crippen LogP contribution in [0.2, 0.25) is 0 Å². The molecule has 0 unspecified atom stereocenters. The van der Waals surface area contributed by atoms with E-state index < -0.39 is 5.82 Å².